The molecule has 460 valence electrons. The van der Waals surface area contributed by atoms with Crippen molar-refractivity contribution in [3.8, 4) is 20.9 Å². The molecule has 0 unspecified atom stereocenters. The number of fused-ring (bicyclic) bond motifs is 6. The van der Waals surface area contributed by atoms with E-state index in [1.807, 2.05) is 22.7 Å². The van der Waals surface area contributed by atoms with Crippen LogP contribution in [0.15, 0.2) is 158 Å². The SMILES string of the molecule is Fc1c(F)c(F)c([B-](c2c(F)c(F)c(F)c(F)c2F)(c2c(F)c(F)c(F)c(F)c2F)c2c(F)c(F)c(F)c(F)c2F)c(F)c1F.c1ccc2cc3c(-c4ccc([I+]c5ccc(-c6c7ccccc7cc7cc8ccccc8cc67)s5)s4)c4ccccc4cc3cc2c1. The van der Waals surface area contributed by atoms with E-state index in [1.165, 1.54) is 91.3 Å². The van der Waals surface area contributed by atoms with Crippen LogP contribution in [0.4, 0.5) is 87.8 Å². The Labute approximate surface area is 522 Å². The number of rotatable bonds is 8. The molecule has 14 rings (SSSR count). The highest BCUT2D eigenvalue weighted by Crippen LogP contribution is 2.43. The highest BCUT2D eigenvalue weighted by atomic mass is 127. The van der Waals surface area contributed by atoms with Crippen molar-refractivity contribution < 1.29 is 109 Å². The maximum atomic E-state index is 15.4. The molecular weight excluding hydrogens is 1400 g/mol. The molecule has 0 bridgehead atoms. The van der Waals surface area contributed by atoms with Crippen molar-refractivity contribution in [2.75, 3.05) is 0 Å². The molecule has 0 saturated heterocycles. The largest absolute Gasteiger partial charge is 0.381 e. The van der Waals surface area contributed by atoms with Crippen molar-refractivity contribution in [3.05, 3.63) is 280 Å². The van der Waals surface area contributed by atoms with Crippen LogP contribution >= 0.6 is 22.7 Å². The molecule has 0 amide bonds. The molecule has 0 saturated carbocycles. The van der Waals surface area contributed by atoms with Crippen molar-refractivity contribution in [3.63, 3.8) is 0 Å². The van der Waals surface area contributed by atoms with Crippen molar-refractivity contribution in [1.82, 2.24) is 0 Å². The van der Waals surface area contributed by atoms with Crippen molar-refractivity contribution in [2.24, 2.45) is 0 Å². The van der Waals surface area contributed by atoms with Crippen LogP contribution in [0.1, 0.15) is 0 Å². The smallest absolute Gasteiger partial charge is 0.207 e. The summed E-state index contributed by atoms with van der Waals surface area (Å²) >= 11 is 3.66. The van der Waals surface area contributed by atoms with Gasteiger partial charge in [0.05, 0.1) is 0 Å². The van der Waals surface area contributed by atoms with Crippen LogP contribution in [0.3, 0.4) is 0 Å². The van der Waals surface area contributed by atoms with Gasteiger partial charge in [0, 0.05) is 33.0 Å². The molecule has 92 heavy (non-hydrogen) atoms. The van der Waals surface area contributed by atoms with Gasteiger partial charge in [0.1, 0.15) is 52.7 Å². The topological polar surface area (TPSA) is 0 Å². The van der Waals surface area contributed by atoms with Gasteiger partial charge in [-0.15, -0.1) is 21.9 Å². The van der Waals surface area contributed by atoms with E-state index < -0.39 is 144 Å². The lowest BCUT2D eigenvalue weighted by atomic mass is 9.12. The first-order chi connectivity index (χ1) is 43.9. The second-order valence-electron chi connectivity index (χ2n) is 20.9. The lowest BCUT2D eigenvalue weighted by molar-refractivity contribution is -0.585. The molecule has 24 heteroatoms. The molecule has 0 aliphatic rings. The van der Waals surface area contributed by atoms with Gasteiger partial charge in [-0.1, -0.05) is 120 Å². The van der Waals surface area contributed by atoms with Gasteiger partial charge >= 0.3 is 21.2 Å². The zero-order valence-corrected chi connectivity index (χ0v) is 49.1. The van der Waals surface area contributed by atoms with E-state index in [0.717, 1.165) is 0 Å². The summed E-state index contributed by atoms with van der Waals surface area (Å²) in [5, 5.41) is 15.7. The predicted octanol–water partition coefficient (Wildman–Crippen LogP) is 16.0. The Balaban J connectivity index is 0.000000168. The Hall–Kier alpha value is -9.01. The number of hydrogen-bond acceptors (Lipinski definition) is 2. The Kier molecular flexibility index (Phi) is 15.6. The first kappa shape index (κ1) is 61.8. The van der Waals surface area contributed by atoms with Crippen molar-refractivity contribution in [1.29, 1.82) is 0 Å². The summed E-state index contributed by atoms with van der Waals surface area (Å²) in [5.41, 5.74) is -11.6. The molecule has 0 radical (unpaired) electrons. The van der Waals surface area contributed by atoms with Crippen LogP contribution in [-0.2, 0) is 0 Å². The van der Waals surface area contributed by atoms with E-state index in [9.17, 15) is 52.7 Å². The second-order valence-corrected chi connectivity index (χ2v) is 27.4. The molecule has 0 N–H and O–H groups in total. The first-order valence-electron chi connectivity index (χ1n) is 26.7. The highest BCUT2D eigenvalue weighted by molar-refractivity contribution is 7.20. The zero-order valence-electron chi connectivity index (χ0n) is 45.3. The molecule has 0 atom stereocenters. The summed E-state index contributed by atoms with van der Waals surface area (Å²) in [6.45, 7) is 0. The molecule has 0 nitrogen and oxygen atoms in total. The first-order valence-corrected chi connectivity index (χ1v) is 30.5. The molecule has 0 aliphatic heterocycles. The molecule has 14 aromatic rings. The van der Waals surface area contributed by atoms with E-state index >= 15 is 35.1 Å². The van der Waals surface area contributed by atoms with Gasteiger partial charge in [-0.3, -0.25) is 0 Å². The van der Waals surface area contributed by atoms with E-state index in [-0.39, 0.29) is 21.2 Å². The minimum atomic E-state index is -7.22. The lowest BCUT2D eigenvalue weighted by Crippen LogP contribution is -3.61. The quantitative estimate of drug-likeness (QED) is 0.0355. The number of hydrogen-bond donors (Lipinski definition) is 0. The van der Waals surface area contributed by atoms with Crippen LogP contribution in [0, 0.1) is 122 Å². The van der Waals surface area contributed by atoms with Gasteiger partial charge in [-0.05, 0) is 113 Å². The molecular formula is C68H26BF20IS2. The number of benzene rings is 12. The second kappa shape index (κ2) is 23.3. The molecule has 2 heterocycles. The predicted molar refractivity (Wildman–Crippen MR) is 311 cm³/mol. The molecule has 2 aromatic heterocycles. The number of thiophene rings is 2. The minimum Gasteiger partial charge on any atom is -0.207 e. The normalized spacial score (nSPS) is 12.0. The average Bonchev–Trinajstić information content (AvgIpc) is 0.731. The third-order valence-corrected chi connectivity index (χ3v) is 21.9. The van der Waals surface area contributed by atoms with Crippen molar-refractivity contribution in [2.45, 2.75) is 0 Å². The summed E-state index contributed by atoms with van der Waals surface area (Å²) in [6, 6.07) is 58.9. The third-order valence-electron chi connectivity index (χ3n) is 16.0. The Morgan fingerprint density at radius 2 is 0.446 bits per heavy atom. The molecule has 0 spiro atoms. The fraction of sp³-hybridized carbons (Fsp3) is 0. The van der Waals surface area contributed by atoms with Gasteiger partial charge in [0.15, 0.2) is 69.8 Å². The monoisotopic (exact) mass is 1420 g/mol. The maximum Gasteiger partial charge on any atom is 0.381 e. The van der Waals surface area contributed by atoms with Crippen LogP contribution < -0.4 is 43.1 Å². The Morgan fingerprint density at radius 3 is 0.728 bits per heavy atom. The third kappa shape index (κ3) is 9.55. The standard InChI is InChI=1S/C44H26IS2.C24BF20/c1-3-11-29-25-37-33(21-27(29)9-1)23-31-13-5-7-15-35(31)43(37)39-17-19-41(46-39)45-42-20-18-40(47-42)44-36-16-8-6-14-32(36)24-34-22-28-10-2-4-12-30(28)26-38(34)44;26-5-1(6(27)14(35)21(42)13(5)34)25(2-7(28)15(36)22(43)16(37)8(2)29,3-9(30)17(38)23(44)18(39)10(3)31)4-11(32)19(40)24(45)20(41)12(4)33/h1-26H;/q+1;-1. The van der Waals surface area contributed by atoms with E-state index in [2.05, 4.69) is 158 Å². The van der Waals surface area contributed by atoms with Crippen LogP contribution in [-0.4, -0.2) is 6.15 Å². The van der Waals surface area contributed by atoms with Crippen molar-refractivity contribution >= 4 is 115 Å². The lowest BCUT2D eigenvalue weighted by Gasteiger charge is -2.44. The van der Waals surface area contributed by atoms with Gasteiger partial charge in [-0.2, -0.15) is 0 Å². The maximum absolute atomic E-state index is 15.4. The Bertz CT molecular complexity index is 4890. The van der Waals surface area contributed by atoms with Gasteiger partial charge in [0.25, 0.3) is 0 Å². The summed E-state index contributed by atoms with van der Waals surface area (Å²) < 4.78 is 297. The Morgan fingerprint density at radius 1 is 0.217 bits per heavy atom. The van der Waals surface area contributed by atoms with Crippen LogP contribution in [0.25, 0.3) is 85.5 Å². The fourth-order valence-corrected chi connectivity index (χ4v) is 18.5. The van der Waals surface area contributed by atoms with Crippen LogP contribution in [0.5, 0.6) is 0 Å². The average molecular weight is 1420 g/mol. The van der Waals surface area contributed by atoms with E-state index in [1.54, 1.807) is 0 Å². The van der Waals surface area contributed by atoms with E-state index in [0.29, 0.717) is 0 Å². The van der Waals surface area contributed by atoms with Gasteiger partial charge in [0.2, 0.25) is 5.77 Å². The molecule has 0 fully saturated rings. The summed E-state index contributed by atoms with van der Waals surface area (Å²) in [6.07, 6.45) is -7.22. The summed E-state index contributed by atoms with van der Waals surface area (Å²) in [7, 11) is 0. The highest BCUT2D eigenvalue weighted by Gasteiger charge is 2.52. The molecule has 12 aromatic carbocycles. The van der Waals surface area contributed by atoms with E-state index in [4.69, 9.17) is 0 Å². The molecule has 0 aliphatic carbocycles. The van der Waals surface area contributed by atoms with Gasteiger partial charge in [-0.25, -0.2) is 87.8 Å². The minimum absolute atomic E-state index is 0.311. The summed E-state index contributed by atoms with van der Waals surface area (Å²) in [5.74, 6) is -71.4. The van der Waals surface area contributed by atoms with Crippen LogP contribution in [0.2, 0.25) is 0 Å². The fourth-order valence-electron chi connectivity index (χ4n) is 12.0. The number of halogens is 21. The summed E-state index contributed by atoms with van der Waals surface area (Å²) in [4.78, 5) is 2.72. The van der Waals surface area contributed by atoms with Gasteiger partial charge < -0.3 is 0 Å². The zero-order chi connectivity index (χ0) is 65.3.